The van der Waals surface area contributed by atoms with Crippen LogP contribution in [0.25, 0.3) is 0 Å². The van der Waals surface area contributed by atoms with E-state index in [2.05, 4.69) is 16.5 Å². The number of hydrogen-bond acceptors (Lipinski definition) is 3. The van der Waals surface area contributed by atoms with Crippen LogP contribution < -0.4 is 5.48 Å². The number of hydrogen-bond donors (Lipinski definition) is 1. The zero-order valence-corrected chi connectivity index (χ0v) is 9.20. The number of aryl methyl sites for hydroxylation is 1. The Morgan fingerprint density at radius 1 is 1.40 bits per heavy atom. The SMILES string of the molecule is Cc1cncc(CNOC2CCCC2)c1. The molecule has 0 radical (unpaired) electrons. The lowest BCUT2D eigenvalue weighted by Crippen LogP contribution is -2.21. The molecule has 1 N–H and O–H groups in total. The molecular weight excluding hydrogens is 188 g/mol. The van der Waals surface area contributed by atoms with Gasteiger partial charge >= 0.3 is 0 Å². The first-order valence-corrected chi connectivity index (χ1v) is 5.63. The molecule has 0 unspecified atom stereocenters. The minimum Gasteiger partial charge on any atom is -0.298 e. The van der Waals surface area contributed by atoms with E-state index in [-0.39, 0.29) is 0 Å². The molecule has 0 amide bonds. The quantitative estimate of drug-likeness (QED) is 0.768. The summed E-state index contributed by atoms with van der Waals surface area (Å²) in [5, 5.41) is 0. The van der Waals surface area contributed by atoms with Crippen molar-refractivity contribution in [3.05, 3.63) is 29.6 Å². The second-order valence-corrected chi connectivity index (χ2v) is 4.22. The number of hydroxylamine groups is 1. The smallest absolute Gasteiger partial charge is 0.0790 e. The van der Waals surface area contributed by atoms with Crippen LogP contribution in [-0.2, 0) is 11.4 Å². The highest BCUT2D eigenvalue weighted by Gasteiger charge is 2.15. The summed E-state index contributed by atoms with van der Waals surface area (Å²) in [7, 11) is 0. The third kappa shape index (κ3) is 3.29. The second kappa shape index (κ2) is 5.24. The molecule has 82 valence electrons. The van der Waals surface area contributed by atoms with Crippen molar-refractivity contribution in [1.82, 2.24) is 10.5 Å². The molecule has 0 saturated heterocycles. The van der Waals surface area contributed by atoms with Crippen molar-refractivity contribution in [3.8, 4) is 0 Å². The van der Waals surface area contributed by atoms with Crippen molar-refractivity contribution >= 4 is 0 Å². The molecule has 1 saturated carbocycles. The average molecular weight is 206 g/mol. The van der Waals surface area contributed by atoms with Gasteiger partial charge in [-0.25, -0.2) is 0 Å². The maximum atomic E-state index is 5.57. The Morgan fingerprint density at radius 3 is 2.93 bits per heavy atom. The number of rotatable bonds is 4. The first-order chi connectivity index (χ1) is 7.34. The van der Waals surface area contributed by atoms with Gasteiger partial charge in [0.1, 0.15) is 0 Å². The minimum absolute atomic E-state index is 0.419. The zero-order valence-electron chi connectivity index (χ0n) is 9.20. The standard InChI is InChI=1S/C12H18N2O/c1-10-6-11(8-13-7-10)9-14-15-12-4-2-3-5-12/h6-8,12,14H,2-5,9H2,1H3. The second-order valence-electron chi connectivity index (χ2n) is 4.22. The molecule has 0 bridgehead atoms. The van der Waals surface area contributed by atoms with Crippen molar-refractivity contribution in [3.63, 3.8) is 0 Å². The Kier molecular flexibility index (Phi) is 3.69. The lowest BCUT2D eigenvalue weighted by molar-refractivity contribution is -0.0244. The van der Waals surface area contributed by atoms with Crippen LogP contribution in [0.1, 0.15) is 36.8 Å². The summed E-state index contributed by atoms with van der Waals surface area (Å²) in [6.07, 6.45) is 9.15. The number of nitrogens with zero attached hydrogens (tertiary/aromatic N) is 1. The van der Waals surface area contributed by atoms with Crippen LogP contribution in [0.5, 0.6) is 0 Å². The van der Waals surface area contributed by atoms with Crippen molar-refractivity contribution < 1.29 is 4.84 Å². The van der Waals surface area contributed by atoms with E-state index in [1.165, 1.54) is 36.8 Å². The topological polar surface area (TPSA) is 34.2 Å². The highest BCUT2D eigenvalue weighted by Crippen LogP contribution is 2.19. The predicted molar refractivity (Wildman–Crippen MR) is 59.2 cm³/mol. The van der Waals surface area contributed by atoms with Crippen LogP contribution in [0.2, 0.25) is 0 Å². The normalized spacial score (nSPS) is 17.1. The van der Waals surface area contributed by atoms with Crippen molar-refractivity contribution in [2.45, 2.75) is 45.3 Å². The molecule has 1 heterocycles. The largest absolute Gasteiger partial charge is 0.298 e. The van der Waals surface area contributed by atoms with Gasteiger partial charge in [-0.05, 0) is 30.9 Å². The predicted octanol–water partition coefficient (Wildman–Crippen LogP) is 2.35. The van der Waals surface area contributed by atoms with Gasteiger partial charge in [-0.2, -0.15) is 5.48 Å². The zero-order chi connectivity index (χ0) is 10.5. The van der Waals surface area contributed by atoms with E-state index < -0.39 is 0 Å². The monoisotopic (exact) mass is 206 g/mol. The van der Waals surface area contributed by atoms with Gasteiger partial charge in [-0.3, -0.25) is 9.82 Å². The Labute approximate surface area is 90.8 Å². The maximum Gasteiger partial charge on any atom is 0.0790 e. The van der Waals surface area contributed by atoms with E-state index in [0.717, 1.165) is 6.54 Å². The maximum absolute atomic E-state index is 5.57. The Morgan fingerprint density at radius 2 is 2.20 bits per heavy atom. The van der Waals surface area contributed by atoms with E-state index >= 15 is 0 Å². The molecule has 1 aromatic rings. The van der Waals surface area contributed by atoms with Crippen molar-refractivity contribution in [2.75, 3.05) is 0 Å². The summed E-state index contributed by atoms with van der Waals surface area (Å²) >= 11 is 0. The molecular formula is C12H18N2O. The molecule has 1 aliphatic rings. The molecule has 3 nitrogen and oxygen atoms in total. The molecule has 0 atom stereocenters. The fourth-order valence-electron chi connectivity index (χ4n) is 1.96. The Bertz CT molecular complexity index is 308. The van der Waals surface area contributed by atoms with Gasteiger partial charge in [0.15, 0.2) is 0 Å². The van der Waals surface area contributed by atoms with E-state index in [1.807, 2.05) is 19.3 Å². The summed E-state index contributed by atoms with van der Waals surface area (Å²) < 4.78 is 0. The highest BCUT2D eigenvalue weighted by molar-refractivity contribution is 5.15. The first kappa shape index (κ1) is 10.6. The number of aromatic nitrogens is 1. The molecule has 1 aliphatic carbocycles. The molecule has 2 rings (SSSR count). The van der Waals surface area contributed by atoms with Crippen LogP contribution in [0.3, 0.4) is 0 Å². The molecule has 0 aliphatic heterocycles. The average Bonchev–Trinajstić information content (AvgIpc) is 2.71. The molecule has 0 spiro atoms. The van der Waals surface area contributed by atoms with Gasteiger partial charge in [0.05, 0.1) is 6.10 Å². The van der Waals surface area contributed by atoms with Crippen molar-refractivity contribution in [1.29, 1.82) is 0 Å². The van der Waals surface area contributed by atoms with E-state index in [1.54, 1.807) is 0 Å². The third-order valence-corrected chi connectivity index (χ3v) is 2.76. The fraction of sp³-hybridized carbons (Fsp3) is 0.583. The summed E-state index contributed by atoms with van der Waals surface area (Å²) in [5.74, 6) is 0. The molecule has 3 heteroatoms. The summed E-state index contributed by atoms with van der Waals surface area (Å²) in [4.78, 5) is 9.71. The van der Waals surface area contributed by atoms with E-state index in [0.29, 0.717) is 6.10 Å². The molecule has 0 aromatic carbocycles. The fourth-order valence-corrected chi connectivity index (χ4v) is 1.96. The van der Waals surface area contributed by atoms with Crippen LogP contribution in [0.15, 0.2) is 18.5 Å². The van der Waals surface area contributed by atoms with Gasteiger partial charge in [0.2, 0.25) is 0 Å². The summed E-state index contributed by atoms with van der Waals surface area (Å²) in [6.45, 7) is 2.79. The van der Waals surface area contributed by atoms with Crippen LogP contribution in [-0.4, -0.2) is 11.1 Å². The molecule has 1 aromatic heterocycles. The summed E-state index contributed by atoms with van der Waals surface area (Å²) in [5.41, 5.74) is 5.39. The van der Waals surface area contributed by atoms with Crippen LogP contribution >= 0.6 is 0 Å². The van der Waals surface area contributed by atoms with Gasteiger partial charge in [0.25, 0.3) is 0 Å². The van der Waals surface area contributed by atoms with E-state index in [9.17, 15) is 0 Å². The van der Waals surface area contributed by atoms with Crippen LogP contribution in [0, 0.1) is 6.92 Å². The number of nitrogens with one attached hydrogen (secondary N) is 1. The lowest BCUT2D eigenvalue weighted by atomic mass is 10.2. The van der Waals surface area contributed by atoms with Gasteiger partial charge in [-0.15, -0.1) is 0 Å². The molecule has 1 fully saturated rings. The highest BCUT2D eigenvalue weighted by atomic mass is 16.7. The lowest BCUT2D eigenvalue weighted by Gasteiger charge is -2.11. The van der Waals surface area contributed by atoms with Gasteiger partial charge < -0.3 is 0 Å². The molecule has 15 heavy (non-hydrogen) atoms. The number of pyridine rings is 1. The van der Waals surface area contributed by atoms with Gasteiger partial charge in [0, 0.05) is 18.9 Å². The third-order valence-electron chi connectivity index (χ3n) is 2.76. The Balaban J connectivity index is 1.73. The first-order valence-electron chi connectivity index (χ1n) is 5.63. The minimum atomic E-state index is 0.419. The summed E-state index contributed by atoms with van der Waals surface area (Å²) in [6, 6.07) is 2.12. The Hall–Kier alpha value is -0.930. The van der Waals surface area contributed by atoms with Crippen LogP contribution in [0.4, 0.5) is 0 Å². The van der Waals surface area contributed by atoms with Crippen molar-refractivity contribution in [2.24, 2.45) is 0 Å². The van der Waals surface area contributed by atoms with Gasteiger partial charge in [-0.1, -0.05) is 18.9 Å². The van der Waals surface area contributed by atoms with E-state index in [4.69, 9.17) is 4.84 Å².